The van der Waals surface area contributed by atoms with E-state index < -0.39 is 0 Å². The minimum atomic E-state index is 0.0948. The molecular weight excluding hydrogens is 312 g/mol. The summed E-state index contributed by atoms with van der Waals surface area (Å²) in [7, 11) is 1.51. The molecule has 0 aliphatic heterocycles. The number of hydrogen-bond acceptors (Lipinski definition) is 4. The number of phenolic OH excluding ortho intramolecular Hbond substituents is 1. The van der Waals surface area contributed by atoms with E-state index in [-0.39, 0.29) is 5.75 Å². The molecule has 3 rings (SSSR count). The lowest BCUT2D eigenvalue weighted by atomic mass is 10.0. The minimum absolute atomic E-state index is 0.0948. The van der Waals surface area contributed by atoms with Crippen LogP contribution in [0, 0.1) is 0 Å². The zero-order chi connectivity index (χ0) is 17.5. The van der Waals surface area contributed by atoms with Crippen LogP contribution in [0.15, 0.2) is 89.1 Å². The molecule has 0 saturated heterocycles. The highest BCUT2D eigenvalue weighted by Gasteiger charge is 2.06. The summed E-state index contributed by atoms with van der Waals surface area (Å²) in [6.45, 7) is 0. The highest BCUT2D eigenvalue weighted by atomic mass is 16.5. The molecule has 4 heteroatoms. The van der Waals surface area contributed by atoms with Gasteiger partial charge in [0.25, 0.3) is 0 Å². The quantitative estimate of drug-likeness (QED) is 0.561. The van der Waals surface area contributed by atoms with Crippen LogP contribution in [-0.4, -0.2) is 24.1 Å². The largest absolute Gasteiger partial charge is 0.504 e. The van der Waals surface area contributed by atoms with Crippen LogP contribution in [-0.2, 0) is 0 Å². The summed E-state index contributed by atoms with van der Waals surface area (Å²) in [5, 5.41) is 18.3. The monoisotopic (exact) mass is 330 g/mol. The van der Waals surface area contributed by atoms with E-state index in [9.17, 15) is 5.11 Å². The van der Waals surface area contributed by atoms with Crippen molar-refractivity contribution < 1.29 is 9.84 Å². The molecule has 0 aromatic heterocycles. The van der Waals surface area contributed by atoms with Gasteiger partial charge in [-0.25, -0.2) is 0 Å². The third-order valence-corrected chi connectivity index (χ3v) is 3.66. The Kier molecular flexibility index (Phi) is 5.22. The van der Waals surface area contributed by atoms with Crippen molar-refractivity contribution in [2.75, 3.05) is 7.11 Å². The van der Waals surface area contributed by atoms with E-state index in [1.807, 2.05) is 60.7 Å². The van der Waals surface area contributed by atoms with Crippen molar-refractivity contribution in [3.05, 3.63) is 95.6 Å². The van der Waals surface area contributed by atoms with Gasteiger partial charge < -0.3 is 9.84 Å². The van der Waals surface area contributed by atoms with E-state index in [0.29, 0.717) is 5.75 Å². The van der Waals surface area contributed by atoms with Crippen LogP contribution >= 0.6 is 0 Å². The predicted octanol–water partition coefficient (Wildman–Crippen LogP) is 4.27. The van der Waals surface area contributed by atoms with Crippen LogP contribution in [0.3, 0.4) is 0 Å². The zero-order valence-corrected chi connectivity index (χ0v) is 13.8. The molecule has 0 bridgehead atoms. The Labute approximate surface area is 146 Å². The van der Waals surface area contributed by atoms with Crippen molar-refractivity contribution >= 4 is 11.9 Å². The Bertz CT molecular complexity index is 847. The van der Waals surface area contributed by atoms with Crippen molar-refractivity contribution in [3.63, 3.8) is 0 Å². The van der Waals surface area contributed by atoms with Gasteiger partial charge in [0.15, 0.2) is 11.5 Å². The number of ether oxygens (including phenoxy) is 1. The van der Waals surface area contributed by atoms with E-state index in [0.717, 1.165) is 22.4 Å². The van der Waals surface area contributed by atoms with Gasteiger partial charge in [-0.05, 0) is 23.8 Å². The third kappa shape index (κ3) is 4.12. The number of phenols is 1. The molecule has 3 aromatic rings. The minimum Gasteiger partial charge on any atom is -0.504 e. The second-order valence-corrected chi connectivity index (χ2v) is 5.36. The molecule has 4 nitrogen and oxygen atoms in total. The van der Waals surface area contributed by atoms with Crippen LogP contribution in [0.5, 0.6) is 11.5 Å². The fraction of sp³-hybridized carbons (Fsp3) is 0.0476. The summed E-state index contributed by atoms with van der Waals surface area (Å²) < 4.78 is 5.10. The SMILES string of the molecule is COc1cc(/C=N/N=C(c2ccccc2)c2ccccc2)ccc1O. The molecule has 124 valence electrons. The molecule has 25 heavy (non-hydrogen) atoms. The first-order chi connectivity index (χ1) is 12.3. The van der Waals surface area contributed by atoms with Gasteiger partial charge >= 0.3 is 0 Å². The highest BCUT2D eigenvalue weighted by molar-refractivity contribution is 6.12. The second-order valence-electron chi connectivity index (χ2n) is 5.36. The summed E-state index contributed by atoms with van der Waals surface area (Å²) in [4.78, 5) is 0. The third-order valence-electron chi connectivity index (χ3n) is 3.66. The maximum absolute atomic E-state index is 9.65. The number of rotatable bonds is 5. The number of methoxy groups -OCH3 is 1. The Hall–Kier alpha value is -3.40. The van der Waals surface area contributed by atoms with Crippen LogP contribution in [0.1, 0.15) is 16.7 Å². The van der Waals surface area contributed by atoms with E-state index in [4.69, 9.17) is 4.74 Å². The molecule has 0 aliphatic carbocycles. The Balaban J connectivity index is 1.94. The van der Waals surface area contributed by atoms with Gasteiger partial charge in [-0.3, -0.25) is 0 Å². The molecule has 0 amide bonds. The lowest BCUT2D eigenvalue weighted by Crippen LogP contribution is -2.02. The summed E-state index contributed by atoms with van der Waals surface area (Å²) >= 11 is 0. The van der Waals surface area contributed by atoms with Crippen molar-refractivity contribution in [2.24, 2.45) is 10.2 Å². The Morgan fingerprint density at radius 3 is 2.04 bits per heavy atom. The lowest BCUT2D eigenvalue weighted by molar-refractivity contribution is 0.373. The fourth-order valence-corrected chi connectivity index (χ4v) is 2.40. The van der Waals surface area contributed by atoms with Gasteiger partial charge in [0, 0.05) is 11.1 Å². The highest BCUT2D eigenvalue weighted by Crippen LogP contribution is 2.25. The van der Waals surface area contributed by atoms with Gasteiger partial charge in [-0.2, -0.15) is 5.10 Å². The lowest BCUT2D eigenvalue weighted by Gasteiger charge is -2.05. The van der Waals surface area contributed by atoms with Crippen LogP contribution in [0.2, 0.25) is 0 Å². The molecule has 3 aromatic carbocycles. The van der Waals surface area contributed by atoms with E-state index in [1.165, 1.54) is 7.11 Å². The Morgan fingerprint density at radius 2 is 1.48 bits per heavy atom. The van der Waals surface area contributed by atoms with Gasteiger partial charge in [-0.15, -0.1) is 5.10 Å². The fourth-order valence-electron chi connectivity index (χ4n) is 2.40. The topological polar surface area (TPSA) is 54.2 Å². The molecule has 0 aliphatic rings. The van der Waals surface area contributed by atoms with Crippen LogP contribution in [0.25, 0.3) is 0 Å². The van der Waals surface area contributed by atoms with Gasteiger partial charge in [0.05, 0.1) is 13.3 Å². The molecule has 0 saturated carbocycles. The smallest absolute Gasteiger partial charge is 0.161 e. The number of aromatic hydroxyl groups is 1. The Morgan fingerprint density at radius 1 is 0.880 bits per heavy atom. The molecule has 0 unspecified atom stereocenters. The molecule has 0 spiro atoms. The standard InChI is InChI=1S/C21H18N2O2/c1-25-20-14-16(12-13-19(20)24)15-22-23-21(17-8-4-2-5-9-17)18-10-6-3-7-11-18/h2-15,24H,1H3/b22-15+. The molecule has 0 atom stereocenters. The van der Waals surface area contributed by atoms with Gasteiger partial charge in [0.2, 0.25) is 0 Å². The first kappa shape index (κ1) is 16.5. The number of nitrogens with zero attached hydrogens (tertiary/aromatic N) is 2. The maximum atomic E-state index is 9.65. The summed E-state index contributed by atoms with van der Waals surface area (Å²) in [5.41, 5.74) is 3.57. The van der Waals surface area contributed by atoms with Crippen molar-refractivity contribution in [2.45, 2.75) is 0 Å². The van der Waals surface area contributed by atoms with Gasteiger partial charge in [-0.1, -0.05) is 60.7 Å². The molecule has 1 N–H and O–H groups in total. The summed E-state index contributed by atoms with van der Waals surface area (Å²) in [6, 6.07) is 24.9. The van der Waals surface area contributed by atoms with Crippen molar-refractivity contribution in [1.29, 1.82) is 0 Å². The summed E-state index contributed by atoms with van der Waals surface area (Å²) in [5.74, 6) is 0.497. The average Bonchev–Trinajstić information content (AvgIpc) is 2.68. The summed E-state index contributed by atoms with van der Waals surface area (Å²) in [6.07, 6.45) is 1.63. The first-order valence-corrected chi connectivity index (χ1v) is 7.87. The van der Waals surface area contributed by atoms with E-state index >= 15 is 0 Å². The molecule has 0 heterocycles. The van der Waals surface area contributed by atoms with E-state index in [1.54, 1.807) is 24.4 Å². The second kappa shape index (κ2) is 7.93. The zero-order valence-electron chi connectivity index (χ0n) is 13.8. The number of hydrogen-bond donors (Lipinski definition) is 1. The van der Waals surface area contributed by atoms with Crippen LogP contribution < -0.4 is 4.74 Å². The first-order valence-electron chi connectivity index (χ1n) is 7.87. The van der Waals surface area contributed by atoms with Crippen molar-refractivity contribution in [1.82, 2.24) is 0 Å². The normalized spacial score (nSPS) is 10.6. The van der Waals surface area contributed by atoms with Gasteiger partial charge in [0.1, 0.15) is 5.71 Å². The number of benzene rings is 3. The molecular formula is C21H18N2O2. The average molecular weight is 330 g/mol. The predicted molar refractivity (Wildman–Crippen MR) is 101 cm³/mol. The molecule has 0 fully saturated rings. The van der Waals surface area contributed by atoms with Crippen molar-refractivity contribution in [3.8, 4) is 11.5 Å². The van der Waals surface area contributed by atoms with E-state index in [2.05, 4.69) is 10.2 Å². The molecule has 0 radical (unpaired) electrons. The van der Waals surface area contributed by atoms with Crippen LogP contribution in [0.4, 0.5) is 0 Å². The maximum Gasteiger partial charge on any atom is 0.161 e.